The molecule has 0 bridgehead atoms. The summed E-state index contributed by atoms with van der Waals surface area (Å²) >= 11 is 0. The van der Waals surface area contributed by atoms with Gasteiger partial charge in [-0.15, -0.1) is 0 Å². The topological polar surface area (TPSA) is 29.4 Å². The highest BCUT2D eigenvalue weighted by atomic mass is 16.1. The summed E-state index contributed by atoms with van der Waals surface area (Å²) in [5.74, 6) is 0. The fraction of sp³-hybridized carbons (Fsp3) is 0.364. The fourth-order valence-corrected chi connectivity index (χ4v) is 3.47. The first-order valence-electron chi connectivity index (χ1n) is 8.56. The summed E-state index contributed by atoms with van der Waals surface area (Å²) < 4.78 is 0. The lowest BCUT2D eigenvalue weighted by Crippen LogP contribution is -2.33. The summed E-state index contributed by atoms with van der Waals surface area (Å²) in [5.41, 5.74) is 5.97. The third kappa shape index (κ3) is 3.19. The van der Waals surface area contributed by atoms with E-state index in [1.807, 2.05) is 30.5 Å². The molecule has 24 heavy (non-hydrogen) atoms. The molecule has 0 saturated carbocycles. The lowest BCUT2D eigenvalue weighted by atomic mass is 9.63. The molecule has 2 aromatic rings. The maximum absolute atomic E-state index is 10.7. The van der Waals surface area contributed by atoms with Crippen molar-refractivity contribution >= 4 is 18.2 Å². The van der Waals surface area contributed by atoms with Gasteiger partial charge in [-0.3, -0.25) is 9.79 Å². The average Bonchev–Trinajstić information content (AvgIpc) is 2.58. The standard InChI is InChI=1S/C22H25NO/c1-21(2)11-12-22(3,4)20-13-18(9-10-19(20)21)23-14-16-5-7-17(15-24)8-6-16/h5-10,13-15H,11-12H2,1-4H3. The normalized spacial score (nSPS) is 18.3. The van der Waals surface area contributed by atoms with Crippen molar-refractivity contribution in [3.05, 3.63) is 64.7 Å². The quantitative estimate of drug-likeness (QED) is 0.535. The molecule has 0 N–H and O–H groups in total. The van der Waals surface area contributed by atoms with Crippen molar-refractivity contribution in [3.8, 4) is 0 Å². The van der Waals surface area contributed by atoms with Gasteiger partial charge in [-0.1, -0.05) is 58.0 Å². The van der Waals surface area contributed by atoms with Crippen LogP contribution in [-0.2, 0) is 10.8 Å². The second-order valence-corrected chi connectivity index (χ2v) is 8.04. The summed E-state index contributed by atoms with van der Waals surface area (Å²) in [5, 5.41) is 0. The van der Waals surface area contributed by atoms with Gasteiger partial charge < -0.3 is 0 Å². The van der Waals surface area contributed by atoms with Crippen LogP contribution in [0.15, 0.2) is 47.5 Å². The number of aliphatic imine (C=N–C) groups is 1. The van der Waals surface area contributed by atoms with E-state index in [1.54, 1.807) is 0 Å². The van der Waals surface area contributed by atoms with Crippen LogP contribution in [0.1, 0.15) is 67.6 Å². The van der Waals surface area contributed by atoms with E-state index in [0.717, 1.165) is 17.5 Å². The third-order valence-corrected chi connectivity index (χ3v) is 5.27. The minimum Gasteiger partial charge on any atom is -0.298 e. The molecule has 0 saturated heterocycles. The van der Waals surface area contributed by atoms with E-state index in [1.165, 1.54) is 24.0 Å². The number of carbonyl (C=O) groups is 1. The van der Waals surface area contributed by atoms with E-state index in [0.29, 0.717) is 5.56 Å². The summed E-state index contributed by atoms with van der Waals surface area (Å²) in [4.78, 5) is 15.4. The molecule has 0 fully saturated rings. The molecule has 1 aliphatic rings. The van der Waals surface area contributed by atoms with Crippen LogP contribution >= 0.6 is 0 Å². The monoisotopic (exact) mass is 319 g/mol. The molecule has 0 aromatic heterocycles. The van der Waals surface area contributed by atoms with Crippen LogP contribution in [-0.4, -0.2) is 12.5 Å². The molecular weight excluding hydrogens is 294 g/mol. The zero-order valence-corrected chi connectivity index (χ0v) is 15.0. The number of rotatable bonds is 3. The molecule has 0 amide bonds. The predicted molar refractivity (Wildman–Crippen MR) is 101 cm³/mol. The molecule has 2 heteroatoms. The Hall–Kier alpha value is -2.22. The first-order chi connectivity index (χ1) is 11.3. The molecule has 0 heterocycles. The molecule has 0 aliphatic heterocycles. The van der Waals surface area contributed by atoms with Gasteiger partial charge in [0.1, 0.15) is 6.29 Å². The number of nitrogens with zero attached hydrogens (tertiary/aromatic N) is 1. The van der Waals surface area contributed by atoms with Crippen LogP contribution in [0, 0.1) is 0 Å². The molecule has 0 unspecified atom stereocenters. The summed E-state index contributed by atoms with van der Waals surface area (Å²) in [7, 11) is 0. The Kier molecular flexibility index (Phi) is 4.16. The van der Waals surface area contributed by atoms with Crippen LogP contribution in [0.2, 0.25) is 0 Å². The summed E-state index contributed by atoms with van der Waals surface area (Å²) in [6.07, 6.45) is 5.14. The Labute approximate surface area is 144 Å². The number of fused-ring (bicyclic) bond motifs is 1. The van der Waals surface area contributed by atoms with E-state index in [4.69, 9.17) is 0 Å². The Balaban J connectivity index is 1.92. The zero-order valence-electron chi connectivity index (χ0n) is 15.0. The highest BCUT2D eigenvalue weighted by Gasteiger charge is 2.36. The van der Waals surface area contributed by atoms with Gasteiger partial charge in [-0.05, 0) is 52.5 Å². The number of hydrogen-bond donors (Lipinski definition) is 0. The second-order valence-electron chi connectivity index (χ2n) is 8.04. The van der Waals surface area contributed by atoms with Crippen molar-refractivity contribution in [1.82, 2.24) is 0 Å². The maximum Gasteiger partial charge on any atom is 0.150 e. The maximum atomic E-state index is 10.7. The first-order valence-corrected chi connectivity index (χ1v) is 8.56. The Bertz CT molecular complexity index is 782. The lowest BCUT2D eigenvalue weighted by molar-refractivity contribution is 0.112. The largest absolute Gasteiger partial charge is 0.298 e. The highest BCUT2D eigenvalue weighted by molar-refractivity contribution is 5.84. The molecule has 2 aromatic carbocycles. The van der Waals surface area contributed by atoms with Crippen LogP contribution in [0.5, 0.6) is 0 Å². The van der Waals surface area contributed by atoms with E-state index in [9.17, 15) is 4.79 Å². The number of hydrogen-bond acceptors (Lipinski definition) is 2. The smallest absolute Gasteiger partial charge is 0.150 e. The molecule has 3 rings (SSSR count). The first kappa shape index (κ1) is 16.6. The number of aldehydes is 1. The number of carbonyl (C=O) groups excluding carboxylic acids is 1. The minimum atomic E-state index is 0.196. The van der Waals surface area contributed by atoms with Crippen LogP contribution < -0.4 is 0 Å². The molecule has 0 spiro atoms. The van der Waals surface area contributed by atoms with Crippen molar-refractivity contribution in [2.24, 2.45) is 4.99 Å². The molecule has 2 nitrogen and oxygen atoms in total. The van der Waals surface area contributed by atoms with Gasteiger partial charge in [0, 0.05) is 11.8 Å². The summed E-state index contributed by atoms with van der Waals surface area (Å²) in [6, 6.07) is 14.1. The zero-order chi connectivity index (χ0) is 17.4. The second kappa shape index (κ2) is 6.01. The van der Waals surface area contributed by atoms with E-state index in [-0.39, 0.29) is 10.8 Å². The molecule has 0 atom stereocenters. The van der Waals surface area contributed by atoms with Gasteiger partial charge in [-0.25, -0.2) is 0 Å². The van der Waals surface area contributed by atoms with E-state index >= 15 is 0 Å². The minimum absolute atomic E-state index is 0.196. The molecular formula is C22H25NO. The van der Waals surface area contributed by atoms with Crippen LogP contribution in [0.25, 0.3) is 0 Å². The van der Waals surface area contributed by atoms with Gasteiger partial charge in [0.05, 0.1) is 5.69 Å². The lowest BCUT2D eigenvalue weighted by Gasteiger charge is -2.41. The Morgan fingerprint density at radius 2 is 1.42 bits per heavy atom. The molecule has 124 valence electrons. The average molecular weight is 319 g/mol. The van der Waals surface area contributed by atoms with E-state index in [2.05, 4.69) is 50.9 Å². The predicted octanol–water partition coefficient (Wildman–Crippen LogP) is 5.60. The number of benzene rings is 2. The SMILES string of the molecule is CC1(C)CCC(C)(C)c2cc(N=Cc3ccc(C=O)cc3)ccc21. The third-order valence-electron chi connectivity index (χ3n) is 5.27. The van der Waals surface area contributed by atoms with Gasteiger partial charge in [0.25, 0.3) is 0 Å². The fourth-order valence-electron chi connectivity index (χ4n) is 3.47. The van der Waals surface area contributed by atoms with Crippen molar-refractivity contribution in [1.29, 1.82) is 0 Å². The van der Waals surface area contributed by atoms with Crippen LogP contribution in [0.4, 0.5) is 5.69 Å². The molecule has 1 aliphatic carbocycles. The van der Waals surface area contributed by atoms with Gasteiger partial charge in [0.15, 0.2) is 0 Å². The van der Waals surface area contributed by atoms with Gasteiger partial charge >= 0.3 is 0 Å². The van der Waals surface area contributed by atoms with Crippen molar-refractivity contribution < 1.29 is 4.79 Å². The Morgan fingerprint density at radius 1 is 0.833 bits per heavy atom. The van der Waals surface area contributed by atoms with Crippen molar-refractivity contribution in [3.63, 3.8) is 0 Å². The van der Waals surface area contributed by atoms with Crippen molar-refractivity contribution in [2.45, 2.75) is 51.4 Å². The highest BCUT2D eigenvalue weighted by Crippen LogP contribution is 2.46. The van der Waals surface area contributed by atoms with Gasteiger partial charge in [-0.2, -0.15) is 0 Å². The summed E-state index contributed by atoms with van der Waals surface area (Å²) in [6.45, 7) is 9.32. The molecule has 0 radical (unpaired) electrons. The Morgan fingerprint density at radius 3 is 2.04 bits per heavy atom. The van der Waals surface area contributed by atoms with Gasteiger partial charge in [0.2, 0.25) is 0 Å². The van der Waals surface area contributed by atoms with Crippen LogP contribution in [0.3, 0.4) is 0 Å². The van der Waals surface area contributed by atoms with Crippen molar-refractivity contribution in [2.75, 3.05) is 0 Å². The van der Waals surface area contributed by atoms with E-state index < -0.39 is 0 Å².